The lowest BCUT2D eigenvalue weighted by atomic mass is 9.91. The lowest BCUT2D eigenvalue weighted by molar-refractivity contribution is 0.0192. The van der Waals surface area contributed by atoms with Crippen molar-refractivity contribution in [3.05, 3.63) is 47.0 Å². The molecule has 0 spiro atoms. The molecule has 28 heavy (non-hydrogen) atoms. The van der Waals surface area contributed by atoms with Gasteiger partial charge in [-0.1, -0.05) is 43.5 Å². The molecule has 1 saturated carbocycles. The van der Waals surface area contributed by atoms with Crippen molar-refractivity contribution in [2.45, 2.75) is 70.2 Å². The fourth-order valence-corrected chi connectivity index (χ4v) is 5.48. The first-order chi connectivity index (χ1) is 13.7. The Bertz CT molecular complexity index is 888. The standard InChI is InChI=1S/C24H30N2O2/c27-23-11-5-4-10-22(23)26-16-21-19-9-3-2-8-18(19)17(14-20(21)24(26)28)15-25-12-6-1-7-13-25/h2-3,8-9,14,22-23,27H,1,4-7,10-13,15-16H2. The van der Waals surface area contributed by atoms with Gasteiger partial charge >= 0.3 is 0 Å². The molecular weight excluding hydrogens is 348 g/mol. The molecule has 2 aromatic rings. The van der Waals surface area contributed by atoms with Gasteiger partial charge < -0.3 is 10.0 Å². The van der Waals surface area contributed by atoms with Crippen LogP contribution in [0.25, 0.3) is 10.8 Å². The predicted octanol–water partition coefficient (Wildman–Crippen LogP) is 4.09. The van der Waals surface area contributed by atoms with Crippen molar-refractivity contribution in [2.75, 3.05) is 13.1 Å². The highest BCUT2D eigenvalue weighted by Gasteiger charge is 2.38. The predicted molar refractivity (Wildman–Crippen MR) is 111 cm³/mol. The van der Waals surface area contributed by atoms with E-state index in [0.717, 1.165) is 56.4 Å². The molecule has 1 aliphatic carbocycles. The average Bonchev–Trinajstić information content (AvgIpc) is 3.06. The summed E-state index contributed by atoms with van der Waals surface area (Å²) in [4.78, 5) is 17.8. The van der Waals surface area contributed by atoms with E-state index in [2.05, 4.69) is 35.2 Å². The molecule has 3 aliphatic rings. The van der Waals surface area contributed by atoms with Gasteiger partial charge in [0.15, 0.2) is 0 Å². The number of piperidine rings is 1. The Kier molecular flexibility index (Phi) is 4.85. The molecule has 2 fully saturated rings. The minimum atomic E-state index is -0.383. The van der Waals surface area contributed by atoms with Gasteiger partial charge in [0.05, 0.1) is 12.1 Å². The summed E-state index contributed by atoms with van der Waals surface area (Å²) in [5.74, 6) is 0.117. The van der Waals surface area contributed by atoms with Crippen LogP contribution < -0.4 is 0 Å². The van der Waals surface area contributed by atoms with Gasteiger partial charge in [0, 0.05) is 18.7 Å². The van der Waals surface area contributed by atoms with Crippen molar-refractivity contribution in [1.82, 2.24) is 9.80 Å². The zero-order valence-corrected chi connectivity index (χ0v) is 16.6. The van der Waals surface area contributed by atoms with E-state index >= 15 is 0 Å². The van der Waals surface area contributed by atoms with Gasteiger partial charge in [0.1, 0.15) is 0 Å². The number of carbonyl (C=O) groups excluding carboxylic acids is 1. The smallest absolute Gasteiger partial charge is 0.254 e. The summed E-state index contributed by atoms with van der Waals surface area (Å²) in [5, 5.41) is 13.0. The minimum Gasteiger partial charge on any atom is -0.391 e. The third-order valence-electron chi connectivity index (χ3n) is 7.00. The molecule has 0 bridgehead atoms. The van der Waals surface area contributed by atoms with Crippen LogP contribution in [-0.4, -0.2) is 46.0 Å². The van der Waals surface area contributed by atoms with Gasteiger partial charge in [0.2, 0.25) is 0 Å². The van der Waals surface area contributed by atoms with Crippen LogP contribution in [0.5, 0.6) is 0 Å². The van der Waals surface area contributed by atoms with Crippen LogP contribution in [0.3, 0.4) is 0 Å². The second-order valence-corrected chi connectivity index (χ2v) is 8.80. The van der Waals surface area contributed by atoms with Gasteiger partial charge in [-0.25, -0.2) is 0 Å². The number of nitrogens with zero attached hydrogens (tertiary/aromatic N) is 2. The van der Waals surface area contributed by atoms with Crippen molar-refractivity contribution in [1.29, 1.82) is 0 Å². The number of aliphatic hydroxyl groups excluding tert-OH is 1. The van der Waals surface area contributed by atoms with Crippen molar-refractivity contribution >= 4 is 16.7 Å². The quantitative estimate of drug-likeness (QED) is 0.875. The molecular formula is C24H30N2O2. The van der Waals surface area contributed by atoms with Crippen LogP contribution in [0.1, 0.15) is 66.4 Å². The lowest BCUT2D eigenvalue weighted by Crippen LogP contribution is -2.45. The van der Waals surface area contributed by atoms with Crippen LogP contribution in [0.15, 0.2) is 30.3 Å². The number of aliphatic hydroxyl groups is 1. The zero-order chi connectivity index (χ0) is 19.1. The van der Waals surface area contributed by atoms with E-state index in [1.165, 1.54) is 35.6 Å². The van der Waals surface area contributed by atoms with Gasteiger partial charge in [-0.2, -0.15) is 0 Å². The highest BCUT2D eigenvalue weighted by Crippen LogP contribution is 2.37. The summed E-state index contributed by atoms with van der Waals surface area (Å²) in [6.07, 6.45) is 7.39. The third-order valence-corrected chi connectivity index (χ3v) is 7.00. The molecule has 0 radical (unpaired) electrons. The van der Waals surface area contributed by atoms with Gasteiger partial charge in [-0.15, -0.1) is 0 Å². The summed E-state index contributed by atoms with van der Waals surface area (Å²) in [7, 11) is 0. The molecule has 1 N–H and O–H groups in total. The number of hydrogen-bond acceptors (Lipinski definition) is 3. The van der Waals surface area contributed by atoms with Gasteiger partial charge in [-0.05, 0) is 66.7 Å². The second-order valence-electron chi connectivity index (χ2n) is 8.80. The Labute approximate surface area is 167 Å². The fourth-order valence-electron chi connectivity index (χ4n) is 5.48. The molecule has 2 heterocycles. The SMILES string of the molecule is O=C1c2cc(CN3CCCCC3)c3ccccc3c2CN1C1CCCCC1O. The van der Waals surface area contributed by atoms with Crippen molar-refractivity contribution in [3.63, 3.8) is 0 Å². The number of amides is 1. The molecule has 2 unspecified atom stereocenters. The van der Waals surface area contributed by atoms with Crippen LogP contribution in [0.2, 0.25) is 0 Å². The Morgan fingerprint density at radius 3 is 2.50 bits per heavy atom. The minimum absolute atomic E-state index is 0.0297. The van der Waals surface area contributed by atoms with Crippen molar-refractivity contribution in [3.8, 4) is 0 Å². The summed E-state index contributed by atoms with van der Waals surface area (Å²) < 4.78 is 0. The van der Waals surface area contributed by atoms with Crippen LogP contribution in [-0.2, 0) is 13.1 Å². The molecule has 1 amide bonds. The van der Waals surface area contributed by atoms with E-state index in [0.29, 0.717) is 6.54 Å². The lowest BCUT2D eigenvalue weighted by Gasteiger charge is -2.35. The second kappa shape index (κ2) is 7.49. The Balaban J connectivity index is 1.52. The highest BCUT2D eigenvalue weighted by molar-refractivity contribution is 6.05. The van der Waals surface area contributed by atoms with E-state index in [4.69, 9.17) is 0 Å². The van der Waals surface area contributed by atoms with Crippen LogP contribution in [0, 0.1) is 0 Å². The Hall–Kier alpha value is -1.91. The van der Waals surface area contributed by atoms with Gasteiger partial charge in [0.25, 0.3) is 5.91 Å². The molecule has 0 aromatic heterocycles. The maximum atomic E-state index is 13.3. The Morgan fingerprint density at radius 2 is 1.71 bits per heavy atom. The van der Waals surface area contributed by atoms with E-state index in [1.54, 1.807) is 0 Å². The summed E-state index contributed by atoms with van der Waals surface area (Å²) >= 11 is 0. The number of rotatable bonds is 3. The summed E-state index contributed by atoms with van der Waals surface area (Å²) in [6.45, 7) is 3.87. The molecule has 2 aliphatic heterocycles. The normalized spacial score (nSPS) is 26.0. The van der Waals surface area contributed by atoms with Crippen molar-refractivity contribution in [2.24, 2.45) is 0 Å². The molecule has 4 heteroatoms. The number of fused-ring (bicyclic) bond motifs is 3. The van der Waals surface area contributed by atoms with Crippen molar-refractivity contribution < 1.29 is 9.90 Å². The molecule has 2 atom stereocenters. The maximum Gasteiger partial charge on any atom is 0.254 e. The van der Waals surface area contributed by atoms with Crippen LogP contribution in [0.4, 0.5) is 0 Å². The first-order valence-corrected chi connectivity index (χ1v) is 11.0. The largest absolute Gasteiger partial charge is 0.391 e. The molecule has 5 rings (SSSR count). The molecule has 4 nitrogen and oxygen atoms in total. The average molecular weight is 379 g/mol. The van der Waals surface area contributed by atoms with Crippen LogP contribution >= 0.6 is 0 Å². The number of benzene rings is 2. The number of hydrogen-bond donors (Lipinski definition) is 1. The summed E-state index contributed by atoms with van der Waals surface area (Å²) in [5.41, 5.74) is 3.29. The third kappa shape index (κ3) is 3.13. The van der Waals surface area contributed by atoms with E-state index in [1.807, 2.05) is 4.90 Å². The topological polar surface area (TPSA) is 43.8 Å². The first-order valence-electron chi connectivity index (χ1n) is 11.0. The first kappa shape index (κ1) is 18.1. The monoisotopic (exact) mass is 378 g/mol. The molecule has 2 aromatic carbocycles. The fraction of sp³-hybridized carbons (Fsp3) is 0.542. The maximum absolute atomic E-state index is 13.3. The highest BCUT2D eigenvalue weighted by atomic mass is 16.3. The van der Waals surface area contributed by atoms with E-state index in [9.17, 15) is 9.90 Å². The van der Waals surface area contributed by atoms with E-state index < -0.39 is 0 Å². The number of likely N-dealkylation sites (tertiary alicyclic amines) is 1. The van der Waals surface area contributed by atoms with Gasteiger partial charge in [-0.3, -0.25) is 9.69 Å². The number of carbonyl (C=O) groups is 1. The zero-order valence-electron chi connectivity index (χ0n) is 16.6. The Morgan fingerprint density at radius 1 is 0.964 bits per heavy atom. The molecule has 1 saturated heterocycles. The molecule has 148 valence electrons. The van der Waals surface area contributed by atoms with E-state index in [-0.39, 0.29) is 18.1 Å². The summed E-state index contributed by atoms with van der Waals surface area (Å²) in [6, 6.07) is 10.7.